The second kappa shape index (κ2) is 3.99. The molecule has 0 unspecified atom stereocenters. The molecule has 3 heteroatoms. The second-order valence-corrected chi connectivity index (χ2v) is 1.15. The number of aromatic nitrogens is 1. The van der Waals surface area contributed by atoms with Gasteiger partial charge in [0.25, 0.3) is 0 Å². The Morgan fingerprint density at radius 1 is 1.62 bits per heavy atom. The minimum Gasteiger partial charge on any atom is -0.362 e. The Balaban J connectivity index is 0.000000490. The molecule has 0 saturated heterocycles. The van der Waals surface area contributed by atoms with E-state index in [0.29, 0.717) is 0 Å². The Labute approximate surface area is 72.2 Å². The maximum Gasteiger partial charge on any atom is 0.165 e. The van der Waals surface area contributed by atoms with Gasteiger partial charge in [-0.3, -0.25) is 4.79 Å². The minimum absolute atomic E-state index is 0. The zero-order valence-electron chi connectivity index (χ0n) is 4.22. The van der Waals surface area contributed by atoms with Crippen molar-refractivity contribution >= 4 is 0 Å². The van der Waals surface area contributed by atoms with E-state index in [9.17, 15) is 4.79 Å². The zero-order valence-corrected chi connectivity index (χ0v) is 7.06. The molecule has 39 valence electrons. The number of hydrogen-bond acceptors (Lipinski definition) is 1. The van der Waals surface area contributed by atoms with E-state index in [1.54, 1.807) is 6.07 Å². The second-order valence-electron chi connectivity index (χ2n) is 1.15. The molecule has 0 spiro atoms. The molecule has 0 aliphatic carbocycles. The van der Waals surface area contributed by atoms with Gasteiger partial charge >= 0.3 is 0 Å². The van der Waals surface area contributed by atoms with Crippen molar-refractivity contribution < 1.29 is 32.7 Å². The quantitative estimate of drug-likeness (QED) is 0.571. The summed E-state index contributed by atoms with van der Waals surface area (Å²) in [6, 6.07) is 5.66. The van der Waals surface area contributed by atoms with Gasteiger partial charge in [0.15, 0.2) is 5.56 Å². The molecule has 0 aromatic carbocycles. The molecular weight excluding hydrogens is 179 g/mol. The van der Waals surface area contributed by atoms with Gasteiger partial charge in [-0.2, -0.15) is 0 Å². The van der Waals surface area contributed by atoms with Crippen molar-refractivity contribution in [2.24, 2.45) is 0 Å². The largest absolute Gasteiger partial charge is 0.362 e. The monoisotopic (exact) mass is 183 g/mol. The normalized spacial score (nSPS) is 7.50. The van der Waals surface area contributed by atoms with Crippen molar-refractivity contribution in [3.8, 4) is 0 Å². The Kier molecular flexibility index (Phi) is 4.01. The SMILES string of the molecule is O=c1cc[c-]c[nH]1.[Y]. The van der Waals surface area contributed by atoms with Crippen molar-refractivity contribution in [2.75, 3.05) is 0 Å². The average Bonchev–Trinajstić information content (AvgIpc) is 1.69. The van der Waals surface area contributed by atoms with E-state index in [1.807, 2.05) is 0 Å². The third-order valence-electron chi connectivity index (χ3n) is 0.629. The number of rotatable bonds is 0. The molecule has 8 heavy (non-hydrogen) atoms. The summed E-state index contributed by atoms with van der Waals surface area (Å²) in [5, 5.41) is 0. The van der Waals surface area contributed by atoms with Gasteiger partial charge in [0.1, 0.15) is 0 Å². The van der Waals surface area contributed by atoms with Crippen LogP contribution in [0.5, 0.6) is 0 Å². The van der Waals surface area contributed by atoms with E-state index in [1.165, 1.54) is 12.3 Å². The van der Waals surface area contributed by atoms with Gasteiger partial charge in [-0.15, -0.1) is 6.07 Å². The summed E-state index contributed by atoms with van der Waals surface area (Å²) < 4.78 is 0. The van der Waals surface area contributed by atoms with Gasteiger partial charge in [0, 0.05) is 32.7 Å². The molecule has 0 atom stereocenters. The van der Waals surface area contributed by atoms with Gasteiger partial charge in [-0.05, 0) is 0 Å². The number of aromatic amines is 1. The van der Waals surface area contributed by atoms with Crippen LogP contribution in [-0.4, -0.2) is 4.98 Å². The summed E-state index contributed by atoms with van der Waals surface area (Å²) in [5.41, 5.74) is -0.0845. The first-order valence-corrected chi connectivity index (χ1v) is 1.94. The van der Waals surface area contributed by atoms with Crippen LogP contribution < -0.4 is 5.56 Å². The number of pyridine rings is 1. The van der Waals surface area contributed by atoms with E-state index in [0.717, 1.165) is 0 Å². The molecular formula is C5H4NOY-. The van der Waals surface area contributed by atoms with E-state index in [-0.39, 0.29) is 38.3 Å². The first-order chi connectivity index (χ1) is 3.39. The van der Waals surface area contributed by atoms with Gasteiger partial charge in [-0.1, -0.05) is 6.20 Å². The molecule has 0 bridgehead atoms. The van der Waals surface area contributed by atoms with Gasteiger partial charge in [0.2, 0.25) is 0 Å². The van der Waals surface area contributed by atoms with E-state index in [4.69, 9.17) is 0 Å². The molecule has 2 nitrogen and oxygen atoms in total. The molecule has 0 amide bonds. The van der Waals surface area contributed by atoms with Crippen LogP contribution in [-0.2, 0) is 32.7 Å². The van der Waals surface area contributed by atoms with E-state index in [2.05, 4.69) is 11.1 Å². The summed E-state index contributed by atoms with van der Waals surface area (Å²) in [5.74, 6) is 0. The summed E-state index contributed by atoms with van der Waals surface area (Å²) in [6.07, 6.45) is 1.47. The van der Waals surface area contributed by atoms with Crippen LogP contribution in [0.25, 0.3) is 0 Å². The summed E-state index contributed by atoms with van der Waals surface area (Å²) in [4.78, 5) is 12.6. The summed E-state index contributed by atoms with van der Waals surface area (Å²) in [7, 11) is 0. The third kappa shape index (κ3) is 2.38. The zero-order chi connectivity index (χ0) is 5.11. The molecule has 1 radical (unpaired) electrons. The number of nitrogens with one attached hydrogen (secondary N) is 1. The molecule has 0 saturated carbocycles. The van der Waals surface area contributed by atoms with Crippen LogP contribution in [0.2, 0.25) is 0 Å². The molecule has 1 N–H and O–H groups in total. The fraction of sp³-hybridized carbons (Fsp3) is 0. The number of H-pyrrole nitrogens is 1. The van der Waals surface area contributed by atoms with E-state index < -0.39 is 0 Å². The van der Waals surface area contributed by atoms with Crippen LogP contribution in [0.3, 0.4) is 0 Å². The predicted octanol–water partition coefficient (Wildman–Crippen LogP) is 0.173. The van der Waals surface area contributed by atoms with Gasteiger partial charge in [0.05, 0.1) is 0 Å². The smallest absolute Gasteiger partial charge is 0.165 e. The van der Waals surface area contributed by atoms with Crippen molar-refractivity contribution in [3.05, 3.63) is 34.7 Å². The average molecular weight is 183 g/mol. The topological polar surface area (TPSA) is 32.9 Å². The summed E-state index contributed by atoms with van der Waals surface area (Å²) >= 11 is 0. The molecule has 0 fully saturated rings. The van der Waals surface area contributed by atoms with Crippen molar-refractivity contribution in [1.29, 1.82) is 0 Å². The molecule has 1 heterocycles. The fourth-order valence-corrected chi connectivity index (χ4v) is 0.333. The standard InChI is InChI=1S/C5H4NO.Y/c7-5-3-1-2-4-6-5;/h1,3-4H,(H,6,7);/q-1;. The number of hydrogen-bond donors (Lipinski definition) is 1. The van der Waals surface area contributed by atoms with Crippen molar-refractivity contribution in [2.45, 2.75) is 0 Å². The molecule has 1 rings (SSSR count). The van der Waals surface area contributed by atoms with Crippen LogP contribution >= 0.6 is 0 Å². The first kappa shape index (κ1) is 8.05. The molecule has 0 aliphatic rings. The molecule has 1 aromatic heterocycles. The Bertz CT molecular complexity index is 178. The predicted molar refractivity (Wildman–Crippen MR) is 25.9 cm³/mol. The third-order valence-corrected chi connectivity index (χ3v) is 0.629. The van der Waals surface area contributed by atoms with Crippen LogP contribution in [0.15, 0.2) is 23.1 Å². The first-order valence-electron chi connectivity index (χ1n) is 1.94. The maximum atomic E-state index is 10.2. The summed E-state index contributed by atoms with van der Waals surface area (Å²) in [6.45, 7) is 0. The van der Waals surface area contributed by atoms with Gasteiger partial charge < -0.3 is 4.98 Å². The molecule has 0 aliphatic heterocycles. The van der Waals surface area contributed by atoms with E-state index >= 15 is 0 Å². The molecule has 1 aromatic rings. The Morgan fingerprint density at radius 3 is 2.62 bits per heavy atom. The van der Waals surface area contributed by atoms with Crippen LogP contribution in [0.1, 0.15) is 0 Å². The Morgan fingerprint density at radius 2 is 2.38 bits per heavy atom. The maximum absolute atomic E-state index is 10.2. The van der Waals surface area contributed by atoms with Gasteiger partial charge in [-0.25, -0.2) is 12.1 Å². The fourth-order valence-electron chi connectivity index (χ4n) is 0.333. The van der Waals surface area contributed by atoms with Crippen LogP contribution in [0.4, 0.5) is 0 Å². The van der Waals surface area contributed by atoms with Crippen molar-refractivity contribution in [3.63, 3.8) is 0 Å². The Hall–Kier alpha value is 0.0539. The van der Waals surface area contributed by atoms with Crippen molar-refractivity contribution in [1.82, 2.24) is 4.98 Å². The minimum atomic E-state index is -0.0845. The van der Waals surface area contributed by atoms with Crippen LogP contribution in [0, 0.1) is 6.07 Å².